The first-order chi connectivity index (χ1) is 14.8. The normalized spacial score (nSPS) is 19.2. The highest BCUT2D eigenvalue weighted by atomic mass is 35.5. The minimum absolute atomic E-state index is 0.0944. The maximum Gasteiger partial charge on any atom is 0.178 e. The van der Waals surface area contributed by atoms with Crippen molar-refractivity contribution in [2.75, 3.05) is 5.75 Å². The molecule has 1 atom stereocenters. The van der Waals surface area contributed by atoms with Crippen LogP contribution in [0.5, 0.6) is 5.75 Å². The molecule has 2 aromatic carbocycles. The van der Waals surface area contributed by atoms with E-state index in [9.17, 15) is 8.42 Å². The van der Waals surface area contributed by atoms with Crippen LogP contribution in [0.4, 0.5) is 0 Å². The SMILES string of the molecule is CC(C)Oc1ccccc1C1=C(Cl)CC(Cc2ccc(S(=O)(=O)CC3CC3)cc2)C=C1. The van der Waals surface area contributed by atoms with Crippen molar-refractivity contribution in [3.63, 3.8) is 0 Å². The summed E-state index contributed by atoms with van der Waals surface area (Å²) in [7, 11) is -3.16. The molecule has 5 heteroatoms. The summed E-state index contributed by atoms with van der Waals surface area (Å²) in [5.74, 6) is 1.76. The minimum atomic E-state index is -3.16. The molecule has 1 unspecified atom stereocenters. The largest absolute Gasteiger partial charge is 0.490 e. The van der Waals surface area contributed by atoms with E-state index in [4.69, 9.17) is 16.3 Å². The molecule has 0 aliphatic heterocycles. The molecule has 2 aromatic rings. The van der Waals surface area contributed by atoms with Crippen LogP contribution < -0.4 is 4.74 Å². The number of rotatable bonds is 8. The van der Waals surface area contributed by atoms with Gasteiger partial charge in [-0.2, -0.15) is 0 Å². The molecule has 0 radical (unpaired) electrons. The Morgan fingerprint density at radius 1 is 1.06 bits per heavy atom. The quantitative estimate of drug-likeness (QED) is 0.459. The third-order valence-corrected chi connectivity index (χ3v) is 8.00. The fourth-order valence-electron chi connectivity index (χ4n) is 3.98. The maximum absolute atomic E-state index is 12.4. The van der Waals surface area contributed by atoms with Crippen molar-refractivity contribution in [2.45, 2.75) is 50.5 Å². The van der Waals surface area contributed by atoms with Crippen LogP contribution in [0, 0.1) is 11.8 Å². The Morgan fingerprint density at radius 2 is 1.77 bits per heavy atom. The van der Waals surface area contributed by atoms with Gasteiger partial charge < -0.3 is 4.74 Å². The van der Waals surface area contributed by atoms with Crippen molar-refractivity contribution >= 4 is 27.0 Å². The smallest absolute Gasteiger partial charge is 0.178 e. The molecule has 2 aliphatic carbocycles. The van der Waals surface area contributed by atoms with Gasteiger partial charge in [0.15, 0.2) is 9.84 Å². The standard InChI is InChI=1S/C26H29ClO3S/c1-18(2)30-26-6-4-3-5-24(26)23-14-11-21(16-25(23)27)15-19-9-12-22(13-10-19)31(28,29)17-20-7-8-20/h3-6,9-14,18,20-21H,7-8,15-17H2,1-2H3. The average Bonchev–Trinajstić information content (AvgIpc) is 3.52. The van der Waals surface area contributed by atoms with Gasteiger partial charge in [-0.05, 0) is 80.7 Å². The lowest BCUT2D eigenvalue weighted by molar-refractivity contribution is 0.242. The first-order valence-electron chi connectivity index (χ1n) is 11.0. The average molecular weight is 457 g/mol. The summed E-state index contributed by atoms with van der Waals surface area (Å²) >= 11 is 6.72. The van der Waals surface area contributed by atoms with Gasteiger partial charge in [0.2, 0.25) is 0 Å². The number of benzene rings is 2. The van der Waals surface area contributed by atoms with Crippen molar-refractivity contribution in [2.24, 2.45) is 11.8 Å². The summed E-state index contributed by atoms with van der Waals surface area (Å²) in [6, 6.07) is 15.4. The van der Waals surface area contributed by atoms with Gasteiger partial charge in [0.05, 0.1) is 16.8 Å². The van der Waals surface area contributed by atoms with Crippen molar-refractivity contribution in [1.82, 2.24) is 0 Å². The number of allylic oxidation sites excluding steroid dienone is 4. The van der Waals surface area contributed by atoms with Crippen LogP contribution in [0.25, 0.3) is 5.57 Å². The molecule has 0 amide bonds. The highest BCUT2D eigenvalue weighted by molar-refractivity contribution is 7.91. The zero-order valence-electron chi connectivity index (χ0n) is 18.1. The lowest BCUT2D eigenvalue weighted by Gasteiger charge is -2.22. The Balaban J connectivity index is 1.44. The molecular weight excluding hydrogens is 428 g/mol. The second kappa shape index (κ2) is 9.22. The van der Waals surface area contributed by atoms with E-state index in [0.29, 0.717) is 10.8 Å². The van der Waals surface area contributed by atoms with Crippen molar-refractivity contribution < 1.29 is 13.2 Å². The Labute approximate surface area is 190 Å². The van der Waals surface area contributed by atoms with Crippen molar-refractivity contribution in [3.05, 3.63) is 76.8 Å². The third-order valence-electron chi connectivity index (χ3n) is 5.74. The molecule has 0 spiro atoms. The van der Waals surface area contributed by atoms with Gasteiger partial charge in [-0.15, -0.1) is 0 Å². The second-order valence-electron chi connectivity index (χ2n) is 8.88. The lowest BCUT2D eigenvalue weighted by Crippen LogP contribution is -2.10. The van der Waals surface area contributed by atoms with Crippen molar-refractivity contribution in [1.29, 1.82) is 0 Å². The zero-order valence-corrected chi connectivity index (χ0v) is 19.6. The van der Waals surface area contributed by atoms with E-state index in [1.54, 1.807) is 12.1 Å². The van der Waals surface area contributed by atoms with Gasteiger partial charge >= 0.3 is 0 Å². The van der Waals surface area contributed by atoms with Gasteiger partial charge in [-0.1, -0.05) is 54.1 Å². The Bertz CT molecular complexity index is 1090. The first-order valence-corrected chi connectivity index (χ1v) is 13.0. The number of halogens is 1. The van der Waals surface area contributed by atoms with Gasteiger partial charge in [-0.3, -0.25) is 0 Å². The number of ether oxygens (including phenoxy) is 1. The van der Waals surface area contributed by atoms with E-state index in [1.807, 2.05) is 50.2 Å². The van der Waals surface area contributed by atoms with Gasteiger partial charge in [0.25, 0.3) is 0 Å². The first kappa shape index (κ1) is 22.2. The molecule has 0 saturated heterocycles. The van der Waals surface area contributed by atoms with Crippen LogP contribution in [-0.4, -0.2) is 20.3 Å². The highest BCUT2D eigenvalue weighted by Crippen LogP contribution is 2.38. The van der Waals surface area contributed by atoms with E-state index in [0.717, 1.165) is 53.2 Å². The van der Waals surface area contributed by atoms with E-state index in [-0.39, 0.29) is 17.8 Å². The molecule has 0 heterocycles. The lowest BCUT2D eigenvalue weighted by atomic mass is 9.88. The number of sulfone groups is 1. The summed E-state index contributed by atoms with van der Waals surface area (Å²) in [4.78, 5) is 0.435. The second-order valence-corrected chi connectivity index (χ2v) is 11.4. The Kier molecular flexibility index (Phi) is 6.59. The molecule has 1 fully saturated rings. The van der Waals surface area contributed by atoms with Crippen LogP contribution in [0.3, 0.4) is 0 Å². The molecule has 0 aromatic heterocycles. The monoisotopic (exact) mass is 456 g/mol. The molecular formula is C26H29ClO3S. The summed E-state index contributed by atoms with van der Waals surface area (Å²) in [5.41, 5.74) is 3.15. The minimum Gasteiger partial charge on any atom is -0.490 e. The van der Waals surface area contributed by atoms with E-state index >= 15 is 0 Å². The predicted octanol–water partition coefficient (Wildman–Crippen LogP) is 6.43. The van der Waals surface area contributed by atoms with E-state index in [2.05, 4.69) is 12.2 Å². The topological polar surface area (TPSA) is 43.4 Å². The summed E-state index contributed by atoms with van der Waals surface area (Å²) in [6.07, 6.45) is 8.04. The predicted molar refractivity (Wildman–Crippen MR) is 127 cm³/mol. The molecule has 164 valence electrons. The summed E-state index contributed by atoms with van der Waals surface area (Å²) in [5, 5.41) is 0.830. The van der Waals surface area contributed by atoms with Crippen molar-refractivity contribution in [3.8, 4) is 5.75 Å². The van der Waals surface area contributed by atoms with Crippen LogP contribution in [0.15, 0.2) is 70.6 Å². The molecule has 2 aliphatic rings. The van der Waals surface area contributed by atoms with Gasteiger partial charge in [0.1, 0.15) is 5.75 Å². The molecule has 31 heavy (non-hydrogen) atoms. The number of hydrogen-bond donors (Lipinski definition) is 0. The highest BCUT2D eigenvalue weighted by Gasteiger charge is 2.29. The molecule has 0 bridgehead atoms. The number of para-hydroxylation sites is 1. The maximum atomic E-state index is 12.4. The molecule has 4 rings (SSSR count). The molecule has 1 saturated carbocycles. The summed E-state index contributed by atoms with van der Waals surface area (Å²) < 4.78 is 30.9. The van der Waals surface area contributed by atoms with E-state index in [1.165, 1.54) is 0 Å². The summed E-state index contributed by atoms with van der Waals surface area (Å²) in [6.45, 7) is 4.03. The molecule has 3 nitrogen and oxygen atoms in total. The van der Waals surface area contributed by atoms with E-state index < -0.39 is 9.84 Å². The van der Waals surface area contributed by atoms with Crippen LogP contribution in [0.1, 0.15) is 44.2 Å². The Hall–Kier alpha value is -2.04. The van der Waals surface area contributed by atoms with Gasteiger partial charge in [0, 0.05) is 10.6 Å². The fraction of sp³-hybridized carbons (Fsp3) is 0.385. The third kappa shape index (κ3) is 5.61. The van der Waals surface area contributed by atoms with Crippen LogP contribution >= 0.6 is 11.6 Å². The fourth-order valence-corrected chi connectivity index (χ4v) is 6.04. The molecule has 0 N–H and O–H groups in total. The number of hydrogen-bond acceptors (Lipinski definition) is 3. The van der Waals surface area contributed by atoms with Crippen LogP contribution in [0.2, 0.25) is 0 Å². The Morgan fingerprint density at radius 3 is 2.42 bits per heavy atom. The zero-order chi connectivity index (χ0) is 22.0. The van der Waals surface area contributed by atoms with Gasteiger partial charge in [-0.25, -0.2) is 8.42 Å². The van der Waals surface area contributed by atoms with Crippen LogP contribution in [-0.2, 0) is 16.3 Å².